The van der Waals surface area contributed by atoms with Gasteiger partial charge in [-0.15, -0.1) is 0 Å². The number of benzene rings is 5. The first-order chi connectivity index (χ1) is 23.2. The van der Waals surface area contributed by atoms with E-state index >= 15 is 0 Å². The molecule has 0 aliphatic carbocycles. The molecule has 1 unspecified atom stereocenters. The van der Waals surface area contributed by atoms with Gasteiger partial charge in [-0.2, -0.15) is 0 Å². The highest BCUT2D eigenvalue weighted by Gasteiger charge is 2.34. The molecule has 1 amide bonds. The van der Waals surface area contributed by atoms with Crippen molar-refractivity contribution in [1.82, 2.24) is 4.90 Å². The van der Waals surface area contributed by atoms with Gasteiger partial charge in [-0.05, 0) is 77.7 Å². The van der Waals surface area contributed by atoms with Crippen molar-refractivity contribution >= 4 is 55.2 Å². The van der Waals surface area contributed by atoms with Gasteiger partial charge in [-0.25, -0.2) is 8.42 Å². The van der Waals surface area contributed by atoms with Crippen LogP contribution in [0.2, 0.25) is 5.02 Å². The Morgan fingerprint density at radius 3 is 2.29 bits per heavy atom. The Morgan fingerprint density at radius 1 is 0.812 bits per heavy atom. The third-order valence-corrected chi connectivity index (χ3v) is 10.3. The molecule has 1 N–H and O–H groups in total. The largest absolute Gasteiger partial charge is 0.495 e. The van der Waals surface area contributed by atoms with E-state index in [4.69, 9.17) is 30.2 Å². The number of hydrogen-bond donors (Lipinski definition) is 1. The zero-order valence-electron chi connectivity index (χ0n) is 26.3. The molecule has 0 saturated carbocycles. The fourth-order valence-corrected chi connectivity index (χ4v) is 7.57. The lowest BCUT2D eigenvalue weighted by Gasteiger charge is -2.38. The molecular weight excluding hydrogens is 652 g/mol. The average Bonchev–Trinajstić information content (AvgIpc) is 3.47. The molecule has 244 valence electrons. The van der Waals surface area contributed by atoms with Crippen LogP contribution in [-0.4, -0.2) is 47.1 Å². The number of carbonyl (C=O) groups excluding carboxylic acids is 1. The first-order valence-electron chi connectivity index (χ1n) is 15.1. The van der Waals surface area contributed by atoms with Crippen LogP contribution < -0.4 is 18.9 Å². The quantitative estimate of drug-likeness (QED) is 0.174. The molecule has 0 fully saturated rings. The molecule has 1 aliphatic heterocycles. The first-order valence-corrected chi connectivity index (χ1v) is 17.0. The number of methoxy groups -OCH3 is 3. The first kappa shape index (κ1) is 31.4. The molecule has 11 heteroatoms. The van der Waals surface area contributed by atoms with Crippen LogP contribution in [0.15, 0.2) is 106 Å². The van der Waals surface area contributed by atoms with Crippen molar-refractivity contribution in [3.63, 3.8) is 0 Å². The van der Waals surface area contributed by atoms with Gasteiger partial charge in [-0.3, -0.25) is 9.52 Å². The van der Waals surface area contributed by atoms with Crippen molar-refractivity contribution in [3.8, 4) is 17.2 Å². The highest BCUT2D eigenvalue weighted by atomic mass is 35.5. The minimum absolute atomic E-state index is 0.0769. The van der Waals surface area contributed by atoms with E-state index in [1.165, 1.54) is 19.2 Å². The second-order valence-electron chi connectivity index (χ2n) is 11.4. The lowest BCUT2D eigenvalue weighted by molar-refractivity contribution is 0.0694. The number of carbonyl (C=O) groups is 1. The molecule has 5 aromatic carbocycles. The number of nitrogens with one attached hydrogen (secondary N) is 1. The van der Waals surface area contributed by atoms with Crippen LogP contribution in [0.5, 0.6) is 17.2 Å². The van der Waals surface area contributed by atoms with Crippen LogP contribution in [0, 0.1) is 0 Å². The molecular formula is C37H31ClN2O7S. The van der Waals surface area contributed by atoms with Gasteiger partial charge >= 0.3 is 0 Å². The summed E-state index contributed by atoms with van der Waals surface area (Å²) in [5.41, 5.74) is 4.36. The maximum Gasteiger partial charge on any atom is 0.262 e. The molecule has 0 bridgehead atoms. The van der Waals surface area contributed by atoms with Gasteiger partial charge in [0.15, 0.2) is 11.5 Å². The number of nitrogens with zero attached hydrogens (tertiary/aromatic N) is 1. The smallest absolute Gasteiger partial charge is 0.262 e. The van der Waals surface area contributed by atoms with Crippen LogP contribution in [0.3, 0.4) is 0 Å². The summed E-state index contributed by atoms with van der Waals surface area (Å²) in [7, 11) is 0.471. The van der Waals surface area contributed by atoms with Crippen LogP contribution in [0.4, 0.5) is 5.69 Å². The van der Waals surface area contributed by atoms with Crippen molar-refractivity contribution in [2.45, 2.75) is 17.4 Å². The van der Waals surface area contributed by atoms with Crippen LogP contribution in [0.1, 0.15) is 33.1 Å². The summed E-state index contributed by atoms with van der Waals surface area (Å²) >= 11 is 6.22. The Bertz CT molecular complexity index is 2300. The number of furan rings is 1. The number of ether oxygens (including phenoxy) is 3. The molecule has 0 saturated heterocycles. The van der Waals surface area contributed by atoms with E-state index < -0.39 is 16.1 Å². The second-order valence-corrected chi connectivity index (χ2v) is 13.5. The normalized spacial score (nSPS) is 14.5. The predicted molar refractivity (Wildman–Crippen MR) is 185 cm³/mol. The maximum atomic E-state index is 14.3. The van der Waals surface area contributed by atoms with Crippen LogP contribution in [0.25, 0.3) is 21.9 Å². The molecule has 1 atom stereocenters. The lowest BCUT2D eigenvalue weighted by Crippen LogP contribution is -2.40. The molecule has 6 aromatic rings. The van der Waals surface area contributed by atoms with Gasteiger partial charge in [0.05, 0.1) is 38.0 Å². The molecule has 1 aliphatic rings. The minimum atomic E-state index is -4.15. The fraction of sp³-hybridized carbons (Fsp3) is 0.162. The second kappa shape index (κ2) is 12.4. The minimum Gasteiger partial charge on any atom is -0.495 e. The van der Waals surface area contributed by atoms with E-state index in [2.05, 4.69) is 4.72 Å². The van der Waals surface area contributed by atoms with E-state index in [1.54, 1.807) is 55.5 Å². The van der Waals surface area contributed by atoms with Crippen molar-refractivity contribution in [2.24, 2.45) is 0 Å². The number of halogens is 1. The summed E-state index contributed by atoms with van der Waals surface area (Å²) < 4.78 is 52.9. The van der Waals surface area contributed by atoms with Crippen molar-refractivity contribution in [1.29, 1.82) is 0 Å². The fourth-order valence-electron chi connectivity index (χ4n) is 6.34. The number of para-hydroxylation sites is 1. The Kier molecular flexibility index (Phi) is 8.14. The van der Waals surface area contributed by atoms with Gasteiger partial charge in [0.25, 0.3) is 15.9 Å². The summed E-state index contributed by atoms with van der Waals surface area (Å²) in [6, 6.07) is 27.6. The molecule has 0 spiro atoms. The summed E-state index contributed by atoms with van der Waals surface area (Å²) in [6.07, 6.45) is 0.565. The van der Waals surface area contributed by atoms with E-state index in [9.17, 15) is 13.2 Å². The number of hydrogen-bond acceptors (Lipinski definition) is 7. The zero-order valence-corrected chi connectivity index (χ0v) is 27.9. The Balaban J connectivity index is 1.24. The van der Waals surface area contributed by atoms with E-state index in [0.29, 0.717) is 46.4 Å². The highest BCUT2D eigenvalue weighted by Crippen LogP contribution is 2.42. The number of rotatable bonds is 8. The summed E-state index contributed by atoms with van der Waals surface area (Å²) in [4.78, 5) is 16.0. The molecule has 1 aromatic heterocycles. The lowest BCUT2D eigenvalue weighted by atomic mass is 9.87. The van der Waals surface area contributed by atoms with E-state index in [1.807, 2.05) is 48.5 Å². The van der Waals surface area contributed by atoms with Gasteiger partial charge in [0.1, 0.15) is 16.9 Å². The maximum absolute atomic E-state index is 14.3. The third-order valence-electron chi connectivity index (χ3n) is 8.65. The van der Waals surface area contributed by atoms with Crippen molar-refractivity contribution in [2.75, 3.05) is 32.6 Å². The SMILES string of the molecule is COc1cc2c(cc1NS(=O)(=O)c1cccc(C(=O)N3CCc4cc(OC)c(OC)cc4C3c3ccc(Cl)cc3)c1)oc1ccccc12. The monoisotopic (exact) mass is 682 g/mol. The molecule has 2 heterocycles. The number of sulfonamides is 1. The third kappa shape index (κ3) is 5.56. The van der Waals surface area contributed by atoms with Gasteiger partial charge in [-0.1, -0.05) is 48.0 Å². The standard InChI is InChI=1S/C37H31ClN2O7S/c1-44-33-20-29-27-9-4-5-10-31(27)47-32(29)21-30(33)39-48(42,43)26-8-6-7-24(17-26)37(41)40-16-15-23-18-34(45-2)35(46-3)19-28(23)36(40)22-11-13-25(38)14-12-22/h4-14,17-21,36,39H,15-16H2,1-3H3. The van der Waals surface area contributed by atoms with Gasteiger partial charge in [0.2, 0.25) is 0 Å². The van der Waals surface area contributed by atoms with E-state index in [0.717, 1.165) is 27.5 Å². The Labute approximate surface area is 282 Å². The van der Waals surface area contributed by atoms with E-state index in [-0.39, 0.29) is 22.1 Å². The number of amides is 1. The number of fused-ring (bicyclic) bond motifs is 4. The number of anilines is 1. The Morgan fingerprint density at radius 2 is 1.54 bits per heavy atom. The molecule has 7 rings (SSSR count). The average molecular weight is 683 g/mol. The topological polar surface area (TPSA) is 107 Å². The highest BCUT2D eigenvalue weighted by molar-refractivity contribution is 7.92. The molecule has 48 heavy (non-hydrogen) atoms. The van der Waals surface area contributed by atoms with Crippen LogP contribution in [-0.2, 0) is 16.4 Å². The summed E-state index contributed by atoms with van der Waals surface area (Å²) in [5, 5.41) is 2.26. The zero-order chi connectivity index (χ0) is 33.6. The summed E-state index contributed by atoms with van der Waals surface area (Å²) in [5.74, 6) is 1.15. The predicted octanol–water partition coefficient (Wildman–Crippen LogP) is 7.85. The molecule has 9 nitrogen and oxygen atoms in total. The summed E-state index contributed by atoms with van der Waals surface area (Å²) in [6.45, 7) is 0.387. The molecule has 0 radical (unpaired) electrons. The Hall–Kier alpha value is -5.19. The van der Waals surface area contributed by atoms with Crippen molar-refractivity contribution in [3.05, 3.63) is 124 Å². The van der Waals surface area contributed by atoms with Crippen LogP contribution >= 0.6 is 11.6 Å². The van der Waals surface area contributed by atoms with Gasteiger partial charge < -0.3 is 23.5 Å². The van der Waals surface area contributed by atoms with Gasteiger partial charge in [0, 0.05) is 34.0 Å². The van der Waals surface area contributed by atoms with Crippen molar-refractivity contribution < 1.29 is 31.8 Å².